The molecule has 1 amide bonds. The van der Waals surface area contributed by atoms with Crippen molar-refractivity contribution in [3.05, 3.63) is 39.9 Å². The summed E-state index contributed by atoms with van der Waals surface area (Å²) in [4.78, 5) is 19.4. The number of aryl methyl sites for hydroxylation is 3. The molecule has 3 heterocycles. The number of fused-ring (bicyclic) bond motifs is 2. The van der Waals surface area contributed by atoms with E-state index >= 15 is 0 Å². The summed E-state index contributed by atoms with van der Waals surface area (Å²) < 4.78 is 1.93. The molecule has 4 rings (SSSR count). The third kappa shape index (κ3) is 2.62. The van der Waals surface area contributed by atoms with Crippen molar-refractivity contribution in [3.63, 3.8) is 0 Å². The molecule has 3 aromatic rings. The maximum absolute atomic E-state index is 12.8. The maximum Gasteiger partial charge on any atom is 0.270 e. The highest BCUT2D eigenvalue weighted by molar-refractivity contribution is 7.17. The molecule has 126 valence electrons. The van der Waals surface area contributed by atoms with Crippen molar-refractivity contribution < 1.29 is 4.79 Å². The summed E-state index contributed by atoms with van der Waals surface area (Å²) in [5.74, 6) is 0.437. The Morgan fingerprint density at radius 1 is 1.54 bits per heavy atom. The molecular weight excluding hydrogens is 322 g/mol. The van der Waals surface area contributed by atoms with Crippen LogP contribution in [0.15, 0.2) is 12.4 Å². The second kappa shape index (κ2) is 6.05. The van der Waals surface area contributed by atoms with Gasteiger partial charge in [0.25, 0.3) is 5.91 Å². The maximum atomic E-state index is 12.8. The third-order valence-corrected chi connectivity index (χ3v) is 5.64. The zero-order valence-corrected chi connectivity index (χ0v) is 14.7. The summed E-state index contributed by atoms with van der Waals surface area (Å²) >= 11 is 1.62. The molecule has 1 aliphatic rings. The molecule has 1 atom stereocenters. The van der Waals surface area contributed by atoms with Gasteiger partial charge in [0, 0.05) is 23.3 Å². The largest absolute Gasteiger partial charge is 0.350 e. The number of hydrogen-bond donors (Lipinski definition) is 2. The minimum absolute atomic E-state index is 0.0208. The number of H-pyrrole nitrogens is 1. The van der Waals surface area contributed by atoms with E-state index in [2.05, 4.69) is 20.5 Å². The van der Waals surface area contributed by atoms with Crippen molar-refractivity contribution in [2.45, 2.75) is 39.5 Å². The monoisotopic (exact) mass is 343 g/mol. The molecule has 3 aromatic heterocycles. The molecule has 24 heavy (non-hydrogen) atoms. The fraction of sp³-hybridized carbons (Fsp3) is 0.471. The van der Waals surface area contributed by atoms with Crippen molar-refractivity contribution >= 4 is 22.2 Å². The van der Waals surface area contributed by atoms with E-state index in [4.69, 9.17) is 0 Å². The second-order valence-corrected chi connectivity index (χ2v) is 7.66. The number of nitrogens with zero attached hydrogens (tertiary/aromatic N) is 3. The Labute approximate surface area is 144 Å². The van der Waals surface area contributed by atoms with E-state index in [1.807, 2.05) is 30.6 Å². The van der Waals surface area contributed by atoms with Gasteiger partial charge in [0.1, 0.15) is 5.69 Å². The molecule has 0 bridgehead atoms. The van der Waals surface area contributed by atoms with E-state index in [0.717, 1.165) is 41.2 Å². The van der Waals surface area contributed by atoms with Crippen molar-refractivity contribution in [3.8, 4) is 0 Å². The van der Waals surface area contributed by atoms with Crippen LogP contribution < -0.4 is 5.32 Å². The Balaban J connectivity index is 1.49. The zero-order valence-electron chi connectivity index (χ0n) is 13.9. The Kier molecular flexibility index (Phi) is 3.88. The first kappa shape index (κ1) is 15.4. The smallest absolute Gasteiger partial charge is 0.270 e. The molecule has 0 aliphatic heterocycles. The van der Waals surface area contributed by atoms with Crippen LogP contribution in [0.5, 0.6) is 0 Å². The number of aromatic nitrogens is 4. The van der Waals surface area contributed by atoms with Gasteiger partial charge in [-0.15, -0.1) is 11.3 Å². The standard InChI is InChI=1S/C17H21N5OS/c1-3-13-15(22-9-10(2)24-17(22)20-13)16(23)18-7-11-4-5-12-8-19-21-14(12)6-11/h8-9,11H,3-7H2,1-2H3,(H,18,23)(H,19,21). The average molecular weight is 343 g/mol. The van der Waals surface area contributed by atoms with Gasteiger partial charge in [0.2, 0.25) is 0 Å². The normalized spacial score (nSPS) is 17.2. The van der Waals surface area contributed by atoms with E-state index in [-0.39, 0.29) is 5.91 Å². The highest BCUT2D eigenvalue weighted by atomic mass is 32.1. The fourth-order valence-corrected chi connectivity index (χ4v) is 4.31. The molecule has 0 fully saturated rings. The number of amides is 1. The molecule has 0 saturated heterocycles. The number of nitrogens with one attached hydrogen (secondary N) is 2. The van der Waals surface area contributed by atoms with E-state index in [9.17, 15) is 4.79 Å². The lowest BCUT2D eigenvalue weighted by Crippen LogP contribution is -2.33. The predicted molar refractivity (Wildman–Crippen MR) is 93.6 cm³/mol. The van der Waals surface area contributed by atoms with Gasteiger partial charge in [-0.3, -0.25) is 14.3 Å². The van der Waals surface area contributed by atoms with Crippen LogP contribution in [0.2, 0.25) is 0 Å². The quantitative estimate of drug-likeness (QED) is 0.764. The highest BCUT2D eigenvalue weighted by Gasteiger charge is 2.23. The van der Waals surface area contributed by atoms with Gasteiger partial charge in [-0.2, -0.15) is 5.10 Å². The molecule has 0 radical (unpaired) electrons. The Bertz CT molecular complexity index is 890. The third-order valence-electron chi connectivity index (χ3n) is 4.74. The van der Waals surface area contributed by atoms with Gasteiger partial charge in [0.15, 0.2) is 4.96 Å². The summed E-state index contributed by atoms with van der Waals surface area (Å²) in [5, 5.41) is 10.3. The number of carbonyl (C=O) groups is 1. The topological polar surface area (TPSA) is 75.1 Å². The first-order valence-corrected chi connectivity index (χ1v) is 9.24. The number of rotatable bonds is 4. The number of thiazole rings is 1. The number of aromatic amines is 1. The second-order valence-electron chi connectivity index (χ2n) is 6.45. The van der Waals surface area contributed by atoms with Crippen molar-refractivity contribution in [1.29, 1.82) is 0 Å². The minimum atomic E-state index is -0.0208. The van der Waals surface area contributed by atoms with Crippen LogP contribution in [-0.4, -0.2) is 32.0 Å². The number of hydrogen-bond acceptors (Lipinski definition) is 4. The molecule has 1 aliphatic carbocycles. The van der Waals surface area contributed by atoms with Crippen LogP contribution in [0, 0.1) is 12.8 Å². The summed E-state index contributed by atoms with van der Waals surface area (Å²) in [5.41, 5.74) is 4.10. The molecule has 1 unspecified atom stereocenters. The average Bonchev–Trinajstić information content (AvgIpc) is 3.24. The van der Waals surface area contributed by atoms with Crippen LogP contribution in [0.1, 0.15) is 45.7 Å². The first-order chi connectivity index (χ1) is 11.7. The first-order valence-electron chi connectivity index (χ1n) is 8.42. The van der Waals surface area contributed by atoms with Crippen LogP contribution in [0.25, 0.3) is 4.96 Å². The molecule has 0 saturated carbocycles. The Morgan fingerprint density at radius 3 is 3.25 bits per heavy atom. The SMILES string of the molecule is CCc1nc2sc(C)cn2c1C(=O)NCC1CCc2cn[nH]c2C1. The van der Waals surface area contributed by atoms with Gasteiger partial charge < -0.3 is 5.32 Å². The van der Waals surface area contributed by atoms with E-state index in [1.165, 1.54) is 11.3 Å². The summed E-state index contributed by atoms with van der Waals surface area (Å²) in [6, 6.07) is 0. The zero-order chi connectivity index (χ0) is 16.7. The summed E-state index contributed by atoms with van der Waals surface area (Å²) in [7, 11) is 0. The van der Waals surface area contributed by atoms with Gasteiger partial charge in [-0.1, -0.05) is 6.92 Å². The Hall–Kier alpha value is -2.15. The van der Waals surface area contributed by atoms with E-state index < -0.39 is 0 Å². The molecule has 7 heteroatoms. The number of carbonyl (C=O) groups excluding carboxylic acids is 1. The summed E-state index contributed by atoms with van der Waals surface area (Å²) in [6.45, 7) is 4.77. The van der Waals surface area contributed by atoms with Crippen LogP contribution in [-0.2, 0) is 19.3 Å². The van der Waals surface area contributed by atoms with Crippen LogP contribution >= 0.6 is 11.3 Å². The Morgan fingerprint density at radius 2 is 2.42 bits per heavy atom. The number of imidazole rings is 1. The van der Waals surface area contributed by atoms with Gasteiger partial charge in [-0.05, 0) is 44.1 Å². The van der Waals surface area contributed by atoms with E-state index in [0.29, 0.717) is 18.2 Å². The molecular formula is C17H21N5OS. The molecule has 6 nitrogen and oxygen atoms in total. The highest BCUT2D eigenvalue weighted by Crippen LogP contribution is 2.24. The van der Waals surface area contributed by atoms with Gasteiger partial charge in [-0.25, -0.2) is 4.98 Å². The van der Waals surface area contributed by atoms with E-state index in [1.54, 1.807) is 11.3 Å². The molecule has 0 aromatic carbocycles. The lowest BCUT2D eigenvalue weighted by Gasteiger charge is -2.21. The fourth-order valence-electron chi connectivity index (χ4n) is 3.46. The van der Waals surface area contributed by atoms with Gasteiger partial charge in [0.05, 0.1) is 11.9 Å². The molecule has 2 N–H and O–H groups in total. The predicted octanol–water partition coefficient (Wildman–Crippen LogP) is 2.52. The van der Waals surface area contributed by atoms with Crippen molar-refractivity contribution in [2.75, 3.05) is 6.54 Å². The lowest BCUT2D eigenvalue weighted by molar-refractivity contribution is 0.0939. The van der Waals surface area contributed by atoms with Crippen LogP contribution in [0.4, 0.5) is 0 Å². The van der Waals surface area contributed by atoms with Crippen molar-refractivity contribution in [1.82, 2.24) is 24.9 Å². The van der Waals surface area contributed by atoms with Gasteiger partial charge >= 0.3 is 0 Å². The molecule has 0 spiro atoms. The van der Waals surface area contributed by atoms with Crippen LogP contribution in [0.3, 0.4) is 0 Å². The lowest BCUT2D eigenvalue weighted by atomic mass is 9.88. The van der Waals surface area contributed by atoms with Crippen molar-refractivity contribution in [2.24, 2.45) is 5.92 Å². The summed E-state index contributed by atoms with van der Waals surface area (Å²) in [6.07, 6.45) is 7.75. The minimum Gasteiger partial charge on any atom is -0.350 e.